The van der Waals surface area contributed by atoms with Crippen LogP contribution in [0.25, 0.3) is 0 Å². The molecule has 6 nitrogen and oxygen atoms in total. The molecular weight excluding hydrogens is 400 g/mol. The Balaban J connectivity index is 1.67. The predicted molar refractivity (Wildman–Crippen MR) is 105 cm³/mol. The van der Waals surface area contributed by atoms with Crippen molar-refractivity contribution in [1.29, 1.82) is 0 Å². The summed E-state index contributed by atoms with van der Waals surface area (Å²) in [6.45, 7) is 3.74. The van der Waals surface area contributed by atoms with Gasteiger partial charge in [-0.2, -0.15) is 16.8 Å². The first-order chi connectivity index (χ1) is 13.2. The van der Waals surface area contributed by atoms with Gasteiger partial charge in [-0.15, -0.1) is 0 Å². The number of hydrogen-bond donors (Lipinski definition) is 0. The lowest BCUT2D eigenvalue weighted by Crippen LogP contribution is -2.31. The molecule has 2 aromatic carbocycles. The number of rotatable bonds is 6. The normalized spacial score (nSPS) is 20.8. The van der Waals surface area contributed by atoms with Crippen molar-refractivity contribution in [3.05, 3.63) is 59.7 Å². The van der Waals surface area contributed by atoms with Gasteiger partial charge in [0.2, 0.25) is 0 Å². The van der Waals surface area contributed by atoms with Crippen LogP contribution >= 0.6 is 0 Å². The second-order valence-corrected chi connectivity index (χ2v) is 10.3. The molecule has 0 spiro atoms. The van der Waals surface area contributed by atoms with Crippen LogP contribution in [0.2, 0.25) is 0 Å². The molecular formula is C20H24O6S2. The summed E-state index contributed by atoms with van der Waals surface area (Å²) in [5.74, 6) is 0. The molecule has 0 aliphatic heterocycles. The highest BCUT2D eigenvalue weighted by molar-refractivity contribution is 7.87. The lowest BCUT2D eigenvalue weighted by atomic mass is 9.95. The maximum absolute atomic E-state index is 12.5. The molecule has 8 heteroatoms. The van der Waals surface area contributed by atoms with Gasteiger partial charge in [-0.3, -0.25) is 8.37 Å². The van der Waals surface area contributed by atoms with Crippen LogP contribution in [0.3, 0.4) is 0 Å². The molecule has 0 unspecified atom stereocenters. The van der Waals surface area contributed by atoms with Gasteiger partial charge in [0.15, 0.2) is 0 Å². The quantitative estimate of drug-likeness (QED) is 0.657. The molecule has 0 radical (unpaired) electrons. The van der Waals surface area contributed by atoms with Crippen LogP contribution in [0.15, 0.2) is 58.3 Å². The van der Waals surface area contributed by atoms with Crippen LogP contribution in [0.1, 0.15) is 36.8 Å². The van der Waals surface area contributed by atoms with Crippen LogP contribution in [-0.4, -0.2) is 29.0 Å². The monoisotopic (exact) mass is 424 g/mol. The van der Waals surface area contributed by atoms with Crippen LogP contribution in [0, 0.1) is 13.8 Å². The van der Waals surface area contributed by atoms with Crippen LogP contribution < -0.4 is 0 Å². The molecule has 2 atom stereocenters. The fourth-order valence-corrected chi connectivity index (χ4v) is 5.38. The Kier molecular flexibility index (Phi) is 6.24. The average Bonchev–Trinajstić information content (AvgIpc) is 2.62. The lowest BCUT2D eigenvalue weighted by molar-refractivity contribution is 0.0759. The molecule has 1 fully saturated rings. The van der Waals surface area contributed by atoms with E-state index in [1.165, 1.54) is 24.3 Å². The van der Waals surface area contributed by atoms with Crippen molar-refractivity contribution in [3.8, 4) is 0 Å². The second-order valence-electron chi connectivity index (χ2n) is 7.14. The van der Waals surface area contributed by atoms with Crippen LogP contribution in [0.5, 0.6) is 0 Å². The summed E-state index contributed by atoms with van der Waals surface area (Å²) in [6, 6.07) is 12.8. The summed E-state index contributed by atoms with van der Waals surface area (Å²) in [4.78, 5) is 0.182. The van der Waals surface area contributed by atoms with E-state index in [1.54, 1.807) is 24.3 Å². The SMILES string of the molecule is Cc1ccc(S(=O)(=O)O[C@@H]2CCC[C@H](OS(=O)(=O)c3ccc(C)cc3)C2)cc1. The van der Waals surface area contributed by atoms with E-state index in [2.05, 4.69) is 0 Å². The fourth-order valence-electron chi connectivity index (χ4n) is 3.16. The molecule has 152 valence electrons. The largest absolute Gasteiger partial charge is 0.297 e. The molecule has 1 aliphatic carbocycles. The maximum atomic E-state index is 12.5. The minimum absolute atomic E-state index is 0.0911. The van der Waals surface area contributed by atoms with Gasteiger partial charge in [0.25, 0.3) is 20.2 Å². The molecule has 0 aromatic heterocycles. The van der Waals surface area contributed by atoms with E-state index in [-0.39, 0.29) is 16.2 Å². The minimum atomic E-state index is -3.91. The summed E-state index contributed by atoms with van der Waals surface area (Å²) in [6.07, 6.45) is 0.681. The van der Waals surface area contributed by atoms with Crippen molar-refractivity contribution in [3.63, 3.8) is 0 Å². The van der Waals surface area contributed by atoms with E-state index in [4.69, 9.17) is 8.37 Å². The molecule has 1 aliphatic rings. The van der Waals surface area contributed by atoms with Crippen molar-refractivity contribution < 1.29 is 25.2 Å². The van der Waals surface area contributed by atoms with Crippen molar-refractivity contribution in [1.82, 2.24) is 0 Å². The molecule has 1 saturated carbocycles. The molecule has 3 rings (SSSR count). The van der Waals surface area contributed by atoms with Crippen molar-refractivity contribution in [2.24, 2.45) is 0 Å². The van der Waals surface area contributed by atoms with E-state index in [0.717, 1.165) is 11.1 Å². The summed E-state index contributed by atoms with van der Waals surface area (Å²) < 4.78 is 60.6. The van der Waals surface area contributed by atoms with Crippen LogP contribution in [0.4, 0.5) is 0 Å². The number of aryl methyl sites for hydroxylation is 2. The molecule has 28 heavy (non-hydrogen) atoms. The zero-order chi connectivity index (χ0) is 20.4. The summed E-state index contributed by atoms with van der Waals surface area (Å²) in [5, 5.41) is 0. The second kappa shape index (κ2) is 8.32. The van der Waals surface area contributed by atoms with E-state index >= 15 is 0 Å². The Morgan fingerprint density at radius 2 is 1.04 bits per heavy atom. The zero-order valence-corrected chi connectivity index (χ0v) is 17.5. The van der Waals surface area contributed by atoms with Crippen molar-refractivity contribution in [2.75, 3.05) is 0 Å². The third-order valence-corrected chi connectivity index (χ3v) is 7.47. The molecule has 2 aromatic rings. The maximum Gasteiger partial charge on any atom is 0.297 e. The number of benzene rings is 2. The van der Waals surface area contributed by atoms with Gasteiger partial charge >= 0.3 is 0 Å². The lowest BCUT2D eigenvalue weighted by Gasteiger charge is -2.28. The highest BCUT2D eigenvalue weighted by atomic mass is 32.2. The van der Waals surface area contributed by atoms with Crippen molar-refractivity contribution >= 4 is 20.2 Å². The first kappa shape index (κ1) is 21.0. The third kappa shape index (κ3) is 5.20. The highest BCUT2D eigenvalue weighted by Gasteiger charge is 2.31. The van der Waals surface area contributed by atoms with Gasteiger partial charge < -0.3 is 0 Å². The Bertz CT molecular complexity index is 926. The van der Waals surface area contributed by atoms with Crippen LogP contribution in [-0.2, 0) is 28.6 Å². The third-order valence-electron chi connectivity index (χ3n) is 4.72. The molecule has 0 N–H and O–H groups in total. The standard InChI is InChI=1S/C20H24O6S2/c1-15-6-10-19(11-7-15)27(21,22)25-17-4-3-5-18(14-17)26-28(23,24)20-12-8-16(2)9-13-20/h6-13,17-18H,3-5,14H2,1-2H3/t17-,18+. The van der Waals surface area contributed by atoms with E-state index in [1.807, 2.05) is 13.8 Å². The van der Waals surface area contributed by atoms with Gasteiger partial charge in [0, 0.05) is 6.42 Å². The minimum Gasteiger partial charge on any atom is -0.263 e. The van der Waals surface area contributed by atoms with E-state index in [0.29, 0.717) is 19.3 Å². The van der Waals surface area contributed by atoms with E-state index < -0.39 is 32.4 Å². The Morgan fingerprint density at radius 3 is 1.39 bits per heavy atom. The van der Waals surface area contributed by atoms with Crippen molar-refractivity contribution in [2.45, 2.75) is 61.5 Å². The van der Waals surface area contributed by atoms with Gasteiger partial charge in [-0.05, 0) is 57.4 Å². The van der Waals surface area contributed by atoms with Gasteiger partial charge in [0.05, 0.1) is 22.0 Å². The van der Waals surface area contributed by atoms with E-state index in [9.17, 15) is 16.8 Å². The van der Waals surface area contributed by atoms with Gasteiger partial charge in [0.1, 0.15) is 0 Å². The van der Waals surface area contributed by atoms with Gasteiger partial charge in [-0.25, -0.2) is 0 Å². The Hall–Kier alpha value is -1.74. The predicted octanol–water partition coefficient (Wildman–Crippen LogP) is 3.73. The summed E-state index contributed by atoms with van der Waals surface area (Å²) in [5.41, 5.74) is 1.90. The fraction of sp³-hybridized carbons (Fsp3) is 0.400. The molecule has 0 bridgehead atoms. The summed E-state index contributed by atoms with van der Waals surface area (Å²) in [7, 11) is -7.81. The first-order valence-electron chi connectivity index (χ1n) is 9.16. The first-order valence-corrected chi connectivity index (χ1v) is 12.0. The zero-order valence-electron chi connectivity index (χ0n) is 15.9. The van der Waals surface area contributed by atoms with Gasteiger partial charge in [-0.1, -0.05) is 35.4 Å². The average molecular weight is 425 g/mol. The Labute approximate surface area is 166 Å². The smallest absolute Gasteiger partial charge is 0.263 e. The molecule has 0 saturated heterocycles. The number of hydrogen-bond acceptors (Lipinski definition) is 6. The highest BCUT2D eigenvalue weighted by Crippen LogP contribution is 2.29. The summed E-state index contributed by atoms with van der Waals surface area (Å²) >= 11 is 0. The molecule has 0 amide bonds. The molecule has 0 heterocycles. The Morgan fingerprint density at radius 1 is 0.679 bits per heavy atom. The topological polar surface area (TPSA) is 86.7 Å².